The molecule has 16 heavy (non-hydrogen) atoms. The summed E-state index contributed by atoms with van der Waals surface area (Å²) in [5, 5.41) is 11.6. The molecule has 0 heterocycles. The Hall–Kier alpha value is -0.343. The third kappa shape index (κ3) is 4.26. The monoisotopic (exact) mass is 240 g/mol. The Bertz CT molecular complexity index is 267. The molecule has 0 radical (unpaired) electrons. The summed E-state index contributed by atoms with van der Waals surface area (Å²) >= 11 is 0. The van der Waals surface area contributed by atoms with Gasteiger partial charge in [-0.25, -0.2) is 0 Å². The second-order valence-corrected chi connectivity index (χ2v) is 10.7. The van der Waals surface area contributed by atoms with Crippen LogP contribution in [0, 0.1) is 0 Å². The van der Waals surface area contributed by atoms with Gasteiger partial charge in [-0.15, -0.1) is 0 Å². The first-order valence-corrected chi connectivity index (χ1v) is 9.16. The van der Waals surface area contributed by atoms with Crippen LogP contribution in [0.3, 0.4) is 0 Å². The fourth-order valence-electron chi connectivity index (χ4n) is 2.14. The van der Waals surface area contributed by atoms with E-state index in [-0.39, 0.29) is 0 Å². The lowest BCUT2D eigenvalue weighted by Gasteiger charge is -2.36. The van der Waals surface area contributed by atoms with Crippen LogP contribution in [0.25, 0.3) is 0 Å². The Kier molecular flexibility index (Phi) is 5.70. The van der Waals surface area contributed by atoms with E-state index >= 15 is 0 Å². The van der Waals surface area contributed by atoms with Crippen LogP contribution in [0.1, 0.15) is 41.0 Å². The lowest BCUT2D eigenvalue weighted by atomic mass is 10.1. The average molecular weight is 240 g/mol. The van der Waals surface area contributed by atoms with E-state index in [9.17, 15) is 5.11 Å². The van der Waals surface area contributed by atoms with E-state index in [1.807, 2.05) is 20.8 Å². The average Bonchev–Trinajstić information content (AvgIpc) is 2.15. The van der Waals surface area contributed by atoms with Crippen molar-refractivity contribution in [3.63, 3.8) is 0 Å². The molecule has 0 fully saturated rings. The molecule has 94 valence electrons. The van der Waals surface area contributed by atoms with Crippen molar-refractivity contribution in [2.75, 3.05) is 0 Å². The quantitative estimate of drug-likeness (QED) is 0.542. The van der Waals surface area contributed by atoms with Crippen molar-refractivity contribution in [1.29, 1.82) is 0 Å². The number of aliphatic hydroxyl groups is 1. The molecule has 0 unspecified atom stereocenters. The molecule has 0 rings (SSSR count). The minimum absolute atomic E-state index is 0.678. The second kappa shape index (κ2) is 5.83. The number of allylic oxidation sites excluding steroid dienone is 2. The summed E-state index contributed by atoms with van der Waals surface area (Å²) in [6.45, 7) is 16.7. The van der Waals surface area contributed by atoms with Crippen LogP contribution >= 0.6 is 0 Å². The van der Waals surface area contributed by atoms with Crippen LogP contribution in [0.4, 0.5) is 0 Å². The van der Waals surface area contributed by atoms with Crippen LogP contribution in [0.15, 0.2) is 23.4 Å². The van der Waals surface area contributed by atoms with Gasteiger partial charge in [0.05, 0.1) is 13.7 Å². The topological polar surface area (TPSA) is 20.2 Å². The number of hydrogen-bond acceptors (Lipinski definition) is 1. The normalized spacial score (nSPS) is 14.1. The summed E-state index contributed by atoms with van der Waals surface area (Å²) in [6.07, 6.45) is 3.11. The fourth-order valence-corrected chi connectivity index (χ4v) is 5.48. The van der Waals surface area contributed by atoms with Gasteiger partial charge in [0.25, 0.3) is 0 Å². The van der Waals surface area contributed by atoms with Crippen LogP contribution in [0.2, 0.25) is 18.6 Å². The standard InChI is InChI=1S/C14H28OSi/c1-8-16(7,9-2)13(14(5,6)15)11-10-12(3)4/h11,15H,3,8-10H2,1-2,4-7H3/b13-11-. The van der Waals surface area contributed by atoms with Gasteiger partial charge in [0, 0.05) is 0 Å². The molecule has 0 saturated carbocycles. The Labute approximate surface area is 102 Å². The zero-order chi connectivity index (χ0) is 13.0. The highest BCUT2D eigenvalue weighted by Crippen LogP contribution is 2.32. The summed E-state index contributed by atoms with van der Waals surface area (Å²) in [5.74, 6) is 0. The Morgan fingerprint density at radius 3 is 2.00 bits per heavy atom. The molecule has 0 aromatic carbocycles. The summed E-state index contributed by atoms with van der Waals surface area (Å²) in [4.78, 5) is 0. The molecular formula is C14H28OSi. The molecule has 0 spiro atoms. The zero-order valence-corrected chi connectivity index (χ0v) is 12.9. The number of rotatable bonds is 6. The third-order valence-electron chi connectivity index (χ3n) is 3.52. The molecular weight excluding hydrogens is 212 g/mol. The fraction of sp³-hybridized carbons (Fsp3) is 0.714. The first-order valence-electron chi connectivity index (χ1n) is 6.25. The van der Waals surface area contributed by atoms with Gasteiger partial charge in [-0.3, -0.25) is 0 Å². The van der Waals surface area contributed by atoms with Crippen LogP contribution < -0.4 is 0 Å². The van der Waals surface area contributed by atoms with Gasteiger partial charge in [-0.2, -0.15) is 0 Å². The highest BCUT2D eigenvalue weighted by Gasteiger charge is 2.35. The van der Waals surface area contributed by atoms with E-state index in [4.69, 9.17) is 0 Å². The van der Waals surface area contributed by atoms with E-state index in [1.165, 1.54) is 17.3 Å². The molecule has 0 aromatic rings. The maximum absolute atomic E-state index is 10.3. The minimum Gasteiger partial charge on any atom is -0.386 e. The molecule has 0 saturated heterocycles. The predicted octanol–water partition coefficient (Wildman–Crippen LogP) is 4.31. The van der Waals surface area contributed by atoms with Gasteiger partial charge in [0.1, 0.15) is 0 Å². The molecule has 0 aromatic heterocycles. The Balaban J connectivity index is 5.25. The zero-order valence-electron chi connectivity index (χ0n) is 11.9. The smallest absolute Gasteiger partial charge is 0.0812 e. The van der Waals surface area contributed by atoms with E-state index in [1.54, 1.807) is 0 Å². The van der Waals surface area contributed by atoms with Gasteiger partial charge in [-0.05, 0) is 27.2 Å². The van der Waals surface area contributed by atoms with Crippen LogP contribution in [-0.2, 0) is 0 Å². The van der Waals surface area contributed by atoms with Crippen molar-refractivity contribution in [1.82, 2.24) is 0 Å². The lowest BCUT2D eigenvalue weighted by Crippen LogP contribution is -2.42. The highest BCUT2D eigenvalue weighted by molar-refractivity contribution is 6.85. The second-order valence-electron chi connectivity index (χ2n) is 5.61. The van der Waals surface area contributed by atoms with E-state index in [0.29, 0.717) is 0 Å². The maximum Gasteiger partial charge on any atom is 0.0812 e. The van der Waals surface area contributed by atoms with E-state index in [2.05, 4.69) is 33.0 Å². The first kappa shape index (κ1) is 15.7. The van der Waals surface area contributed by atoms with Gasteiger partial charge in [0.15, 0.2) is 0 Å². The Morgan fingerprint density at radius 1 is 1.31 bits per heavy atom. The molecule has 0 bridgehead atoms. The van der Waals surface area contributed by atoms with Crippen molar-refractivity contribution < 1.29 is 5.11 Å². The van der Waals surface area contributed by atoms with Crippen LogP contribution in [0.5, 0.6) is 0 Å². The van der Waals surface area contributed by atoms with Crippen molar-refractivity contribution >= 4 is 8.07 Å². The molecule has 0 aliphatic heterocycles. The summed E-state index contributed by atoms with van der Waals surface area (Å²) in [6, 6.07) is 2.38. The SMILES string of the molecule is C=C(C)C/C=C(/C(C)(C)O)[Si](C)(CC)CC. The lowest BCUT2D eigenvalue weighted by molar-refractivity contribution is 0.126. The molecule has 0 aliphatic carbocycles. The van der Waals surface area contributed by atoms with Crippen molar-refractivity contribution in [2.24, 2.45) is 0 Å². The van der Waals surface area contributed by atoms with Crippen LogP contribution in [-0.4, -0.2) is 18.8 Å². The summed E-state index contributed by atoms with van der Waals surface area (Å²) in [7, 11) is -1.46. The number of hydrogen-bond donors (Lipinski definition) is 1. The highest BCUT2D eigenvalue weighted by atomic mass is 28.3. The summed E-state index contributed by atoms with van der Waals surface area (Å²) < 4.78 is 0. The molecule has 0 aliphatic rings. The minimum atomic E-state index is -1.46. The predicted molar refractivity (Wildman–Crippen MR) is 76.4 cm³/mol. The van der Waals surface area contributed by atoms with E-state index < -0.39 is 13.7 Å². The van der Waals surface area contributed by atoms with Crippen molar-refractivity contribution in [3.8, 4) is 0 Å². The van der Waals surface area contributed by atoms with Crippen molar-refractivity contribution in [2.45, 2.75) is 65.3 Å². The van der Waals surface area contributed by atoms with Gasteiger partial charge >= 0.3 is 0 Å². The summed E-state index contributed by atoms with van der Waals surface area (Å²) in [5.41, 5.74) is 0.480. The maximum atomic E-state index is 10.3. The van der Waals surface area contributed by atoms with Gasteiger partial charge < -0.3 is 5.11 Å². The molecule has 0 amide bonds. The largest absolute Gasteiger partial charge is 0.386 e. The first-order chi connectivity index (χ1) is 7.17. The molecule has 1 nitrogen and oxygen atoms in total. The molecule has 1 N–H and O–H groups in total. The van der Waals surface area contributed by atoms with Gasteiger partial charge in [0.2, 0.25) is 0 Å². The Morgan fingerprint density at radius 2 is 1.75 bits per heavy atom. The van der Waals surface area contributed by atoms with Crippen molar-refractivity contribution in [3.05, 3.63) is 23.4 Å². The van der Waals surface area contributed by atoms with Gasteiger partial charge in [-0.1, -0.05) is 55.9 Å². The van der Waals surface area contributed by atoms with E-state index in [0.717, 1.165) is 12.0 Å². The molecule has 0 atom stereocenters. The molecule has 2 heteroatoms. The third-order valence-corrected chi connectivity index (χ3v) is 8.76.